The third-order valence-corrected chi connectivity index (χ3v) is 2.99. The van der Waals surface area contributed by atoms with Crippen LogP contribution in [0.1, 0.15) is 31.9 Å². The molecule has 82 valence electrons. The third-order valence-electron chi connectivity index (χ3n) is 2.99. The number of hydrogen-bond acceptors (Lipinski definition) is 4. The van der Waals surface area contributed by atoms with Gasteiger partial charge in [-0.15, -0.1) is 0 Å². The van der Waals surface area contributed by atoms with E-state index in [0.717, 1.165) is 30.8 Å². The van der Waals surface area contributed by atoms with Crippen LogP contribution in [0.15, 0.2) is 12.4 Å². The van der Waals surface area contributed by atoms with Gasteiger partial charge in [0.2, 0.25) is 0 Å². The average molecular weight is 206 g/mol. The van der Waals surface area contributed by atoms with Gasteiger partial charge in [-0.2, -0.15) is 0 Å². The highest BCUT2D eigenvalue weighted by Crippen LogP contribution is 2.20. The second kappa shape index (κ2) is 4.57. The number of rotatable bonds is 3. The van der Waals surface area contributed by atoms with Crippen LogP contribution < -0.4 is 11.1 Å². The summed E-state index contributed by atoms with van der Waals surface area (Å²) in [4.78, 5) is 8.38. The quantitative estimate of drug-likeness (QED) is 0.783. The van der Waals surface area contributed by atoms with Crippen molar-refractivity contribution in [3.63, 3.8) is 0 Å². The maximum absolute atomic E-state index is 5.99. The van der Waals surface area contributed by atoms with Crippen LogP contribution in [0.4, 0.5) is 5.82 Å². The van der Waals surface area contributed by atoms with Crippen LogP contribution in [0.25, 0.3) is 0 Å². The molecule has 2 rings (SSSR count). The minimum absolute atomic E-state index is 0.269. The summed E-state index contributed by atoms with van der Waals surface area (Å²) >= 11 is 0. The van der Waals surface area contributed by atoms with E-state index in [-0.39, 0.29) is 6.04 Å². The molecule has 0 radical (unpaired) electrons. The molecule has 1 aromatic rings. The highest BCUT2D eigenvalue weighted by Gasteiger charge is 2.23. The fourth-order valence-corrected chi connectivity index (χ4v) is 2.03. The predicted molar refractivity (Wildman–Crippen MR) is 60.6 cm³/mol. The van der Waals surface area contributed by atoms with E-state index >= 15 is 0 Å². The molecule has 0 saturated heterocycles. The first kappa shape index (κ1) is 10.4. The van der Waals surface area contributed by atoms with Gasteiger partial charge in [0, 0.05) is 23.8 Å². The second-order valence-corrected chi connectivity index (χ2v) is 4.09. The lowest BCUT2D eigenvalue weighted by atomic mass is 10.2. The lowest BCUT2D eigenvalue weighted by molar-refractivity contribution is 0.635. The Balaban J connectivity index is 2.03. The molecule has 4 nitrogen and oxygen atoms in total. The zero-order chi connectivity index (χ0) is 10.7. The van der Waals surface area contributed by atoms with Crippen LogP contribution in [0.3, 0.4) is 0 Å². The molecule has 1 aliphatic rings. The van der Waals surface area contributed by atoms with Gasteiger partial charge < -0.3 is 11.1 Å². The lowest BCUT2D eigenvalue weighted by Gasteiger charge is -2.17. The molecule has 3 N–H and O–H groups in total. The third kappa shape index (κ3) is 2.45. The summed E-state index contributed by atoms with van der Waals surface area (Å²) in [6.07, 6.45) is 6.02. The number of hydrogen-bond donors (Lipinski definition) is 2. The largest absolute Gasteiger partial charge is 0.366 e. The molecule has 1 aliphatic carbocycles. The first-order chi connectivity index (χ1) is 7.29. The van der Waals surface area contributed by atoms with Gasteiger partial charge in [0.15, 0.2) is 0 Å². The van der Waals surface area contributed by atoms with E-state index in [1.165, 1.54) is 6.42 Å². The molecule has 0 aliphatic heterocycles. The van der Waals surface area contributed by atoms with Gasteiger partial charge in [-0.25, -0.2) is 9.97 Å². The number of aryl methyl sites for hydroxylation is 1. The van der Waals surface area contributed by atoms with Gasteiger partial charge in [-0.1, -0.05) is 6.92 Å². The van der Waals surface area contributed by atoms with E-state index in [0.29, 0.717) is 6.04 Å². The Morgan fingerprint density at radius 2 is 2.33 bits per heavy atom. The minimum atomic E-state index is 0.269. The fraction of sp³-hybridized carbons (Fsp3) is 0.636. The summed E-state index contributed by atoms with van der Waals surface area (Å²) in [5, 5.41) is 3.39. The Morgan fingerprint density at radius 1 is 1.47 bits per heavy atom. The van der Waals surface area contributed by atoms with E-state index in [9.17, 15) is 0 Å². The summed E-state index contributed by atoms with van der Waals surface area (Å²) in [7, 11) is 0. The van der Waals surface area contributed by atoms with Gasteiger partial charge in [0.1, 0.15) is 12.1 Å². The number of nitrogens with two attached hydrogens (primary N) is 1. The van der Waals surface area contributed by atoms with Gasteiger partial charge >= 0.3 is 0 Å². The Kier molecular flexibility index (Phi) is 3.16. The normalized spacial score (nSPS) is 25.5. The summed E-state index contributed by atoms with van der Waals surface area (Å²) in [5.41, 5.74) is 7.06. The molecule has 2 atom stereocenters. The smallest absolute Gasteiger partial charge is 0.129 e. The highest BCUT2D eigenvalue weighted by atomic mass is 15.1. The molecule has 1 fully saturated rings. The topological polar surface area (TPSA) is 63.8 Å². The Hall–Kier alpha value is -1.16. The van der Waals surface area contributed by atoms with E-state index in [1.807, 2.05) is 6.07 Å². The lowest BCUT2D eigenvalue weighted by Crippen LogP contribution is -2.35. The van der Waals surface area contributed by atoms with Crippen LogP contribution in [-0.2, 0) is 6.42 Å². The summed E-state index contributed by atoms with van der Waals surface area (Å²) in [5.74, 6) is 0.907. The maximum atomic E-state index is 5.99. The number of aromatic nitrogens is 2. The fourth-order valence-electron chi connectivity index (χ4n) is 2.03. The van der Waals surface area contributed by atoms with Crippen molar-refractivity contribution in [1.29, 1.82) is 0 Å². The van der Waals surface area contributed by atoms with Gasteiger partial charge in [0.25, 0.3) is 0 Å². The summed E-state index contributed by atoms with van der Waals surface area (Å²) in [6.45, 7) is 2.09. The van der Waals surface area contributed by atoms with E-state index < -0.39 is 0 Å². The predicted octanol–water partition coefficient (Wildman–Crippen LogP) is 1.33. The van der Waals surface area contributed by atoms with Crippen LogP contribution >= 0.6 is 0 Å². The molecule has 4 heteroatoms. The highest BCUT2D eigenvalue weighted by molar-refractivity contribution is 5.36. The van der Waals surface area contributed by atoms with E-state index in [1.54, 1.807) is 6.33 Å². The van der Waals surface area contributed by atoms with Crippen LogP contribution in [0.5, 0.6) is 0 Å². The molecule has 1 saturated carbocycles. The maximum Gasteiger partial charge on any atom is 0.129 e. The monoisotopic (exact) mass is 206 g/mol. The van der Waals surface area contributed by atoms with Crippen molar-refractivity contribution in [2.75, 3.05) is 5.32 Å². The zero-order valence-electron chi connectivity index (χ0n) is 9.11. The van der Waals surface area contributed by atoms with E-state index in [4.69, 9.17) is 5.73 Å². The summed E-state index contributed by atoms with van der Waals surface area (Å²) < 4.78 is 0. The molecule has 2 unspecified atom stereocenters. The zero-order valence-corrected chi connectivity index (χ0v) is 9.11. The number of nitrogens with zero attached hydrogens (tertiary/aromatic N) is 2. The Labute approximate surface area is 90.3 Å². The van der Waals surface area contributed by atoms with Crippen molar-refractivity contribution >= 4 is 5.82 Å². The van der Waals surface area contributed by atoms with Gasteiger partial charge in [0.05, 0.1) is 0 Å². The SMILES string of the molecule is CCc1cc(NC2CCCC2N)ncn1. The molecular formula is C11H18N4. The van der Waals surface area contributed by atoms with Crippen LogP contribution in [-0.4, -0.2) is 22.1 Å². The molecule has 0 bridgehead atoms. The minimum Gasteiger partial charge on any atom is -0.366 e. The van der Waals surface area contributed by atoms with Crippen LogP contribution in [0.2, 0.25) is 0 Å². The molecule has 1 aromatic heterocycles. The standard InChI is InChI=1S/C11H18N4/c1-2-8-6-11(14-7-13-8)15-10-5-3-4-9(10)12/h6-7,9-10H,2-5,12H2,1H3,(H,13,14,15). The first-order valence-electron chi connectivity index (χ1n) is 5.62. The molecular weight excluding hydrogens is 188 g/mol. The molecule has 15 heavy (non-hydrogen) atoms. The Morgan fingerprint density at radius 3 is 3.00 bits per heavy atom. The van der Waals surface area contributed by atoms with Gasteiger partial charge in [-0.05, 0) is 25.7 Å². The van der Waals surface area contributed by atoms with Crippen LogP contribution in [0, 0.1) is 0 Å². The van der Waals surface area contributed by atoms with Crippen molar-refractivity contribution in [2.45, 2.75) is 44.7 Å². The average Bonchev–Trinajstić information content (AvgIpc) is 2.65. The number of nitrogens with one attached hydrogen (secondary N) is 1. The van der Waals surface area contributed by atoms with Gasteiger partial charge in [-0.3, -0.25) is 0 Å². The summed E-state index contributed by atoms with van der Waals surface area (Å²) in [6, 6.07) is 2.65. The molecule has 0 spiro atoms. The molecule has 0 amide bonds. The van der Waals surface area contributed by atoms with Crippen molar-refractivity contribution in [1.82, 2.24) is 9.97 Å². The molecule has 1 heterocycles. The molecule has 0 aromatic carbocycles. The van der Waals surface area contributed by atoms with Crippen molar-refractivity contribution in [3.8, 4) is 0 Å². The van der Waals surface area contributed by atoms with E-state index in [2.05, 4.69) is 22.2 Å². The van der Waals surface area contributed by atoms with Crippen molar-refractivity contribution in [2.24, 2.45) is 5.73 Å². The van der Waals surface area contributed by atoms with Crippen molar-refractivity contribution in [3.05, 3.63) is 18.1 Å². The second-order valence-electron chi connectivity index (χ2n) is 4.09. The van der Waals surface area contributed by atoms with Crippen molar-refractivity contribution < 1.29 is 0 Å². The number of anilines is 1. The first-order valence-corrected chi connectivity index (χ1v) is 5.62. The Bertz CT molecular complexity index is 326.